The third kappa shape index (κ3) is 4.30. The Morgan fingerprint density at radius 3 is 3.00 bits per heavy atom. The topological polar surface area (TPSA) is 64.8 Å². The smallest absolute Gasteiger partial charge is 0.333 e. The lowest BCUT2D eigenvalue weighted by atomic mass is 10.1. The van der Waals surface area contributed by atoms with Gasteiger partial charge in [-0.15, -0.1) is 0 Å². The summed E-state index contributed by atoms with van der Waals surface area (Å²) in [4.78, 5) is 11.3. The second kappa shape index (κ2) is 5.98. The fourth-order valence-corrected chi connectivity index (χ4v) is 1.59. The van der Waals surface area contributed by atoms with Gasteiger partial charge in [0.2, 0.25) is 0 Å². The van der Waals surface area contributed by atoms with Crippen LogP contribution in [0.5, 0.6) is 0 Å². The van der Waals surface area contributed by atoms with Crippen molar-refractivity contribution in [3.63, 3.8) is 0 Å². The lowest BCUT2D eigenvalue weighted by Crippen LogP contribution is -2.47. The molecule has 92 valence electrons. The maximum absolute atomic E-state index is 11.3. The van der Waals surface area contributed by atoms with Gasteiger partial charge in [-0.05, 0) is 13.8 Å². The number of esters is 1. The van der Waals surface area contributed by atoms with Gasteiger partial charge < -0.3 is 9.47 Å². The van der Waals surface area contributed by atoms with Crippen LogP contribution < -0.4 is 5.84 Å². The van der Waals surface area contributed by atoms with E-state index >= 15 is 0 Å². The molecule has 0 aromatic rings. The summed E-state index contributed by atoms with van der Waals surface area (Å²) in [6.07, 6.45) is 0.513. The van der Waals surface area contributed by atoms with Gasteiger partial charge >= 0.3 is 5.97 Å². The number of ether oxygens (including phenoxy) is 2. The van der Waals surface area contributed by atoms with Crippen molar-refractivity contribution < 1.29 is 14.3 Å². The first-order chi connectivity index (χ1) is 7.49. The summed E-state index contributed by atoms with van der Waals surface area (Å²) in [6, 6.07) is 0. The second-order valence-corrected chi connectivity index (χ2v) is 4.22. The predicted octanol–water partition coefficient (Wildman–Crippen LogP) is 0.459. The molecule has 1 heterocycles. The Balaban J connectivity index is 2.30. The molecular weight excluding hydrogens is 208 g/mol. The predicted molar refractivity (Wildman–Crippen MR) is 60.5 cm³/mol. The molecule has 0 aromatic heterocycles. The average molecular weight is 228 g/mol. The molecular formula is C11H20N2O3. The second-order valence-electron chi connectivity index (χ2n) is 4.22. The molecule has 0 aliphatic carbocycles. The molecule has 5 nitrogen and oxygen atoms in total. The normalized spacial score (nSPS) is 23.8. The molecule has 1 fully saturated rings. The molecule has 0 aromatic carbocycles. The van der Waals surface area contributed by atoms with Gasteiger partial charge in [-0.3, -0.25) is 5.84 Å². The minimum Gasteiger partial charge on any atom is -0.459 e. The Morgan fingerprint density at radius 2 is 2.44 bits per heavy atom. The van der Waals surface area contributed by atoms with Gasteiger partial charge in [0, 0.05) is 25.1 Å². The van der Waals surface area contributed by atoms with Crippen LogP contribution in [0.15, 0.2) is 12.2 Å². The fourth-order valence-electron chi connectivity index (χ4n) is 1.59. The summed E-state index contributed by atoms with van der Waals surface area (Å²) in [7, 11) is 0. The minimum absolute atomic E-state index is 0.0340. The molecule has 0 saturated carbocycles. The van der Waals surface area contributed by atoms with Crippen LogP contribution in [0.4, 0.5) is 0 Å². The van der Waals surface area contributed by atoms with E-state index in [0.29, 0.717) is 25.1 Å². The lowest BCUT2D eigenvalue weighted by Gasteiger charge is -2.30. The highest BCUT2D eigenvalue weighted by molar-refractivity contribution is 5.87. The van der Waals surface area contributed by atoms with Gasteiger partial charge in [0.05, 0.1) is 12.7 Å². The van der Waals surface area contributed by atoms with Gasteiger partial charge in [0.25, 0.3) is 0 Å². The standard InChI is InChI=1S/C11H20N2O3/c1-8(2)11(14)16-9(3)6-10-7-13(12)4-5-15-10/h9-10H,1,4-7,12H2,2-3H3. The Kier molecular flexibility index (Phi) is 4.92. The van der Waals surface area contributed by atoms with Crippen molar-refractivity contribution in [3.8, 4) is 0 Å². The van der Waals surface area contributed by atoms with Gasteiger partial charge in [-0.25, -0.2) is 9.80 Å². The number of hydrazine groups is 1. The summed E-state index contributed by atoms with van der Waals surface area (Å²) < 4.78 is 10.7. The number of rotatable bonds is 4. The van der Waals surface area contributed by atoms with Crippen molar-refractivity contribution in [2.75, 3.05) is 19.7 Å². The zero-order valence-corrected chi connectivity index (χ0v) is 9.94. The molecule has 1 saturated heterocycles. The number of carbonyl (C=O) groups excluding carboxylic acids is 1. The number of nitrogens with two attached hydrogens (primary N) is 1. The van der Waals surface area contributed by atoms with E-state index in [-0.39, 0.29) is 18.2 Å². The van der Waals surface area contributed by atoms with E-state index in [1.54, 1.807) is 11.9 Å². The summed E-state index contributed by atoms with van der Waals surface area (Å²) >= 11 is 0. The molecule has 1 aliphatic heterocycles. The van der Waals surface area contributed by atoms with Crippen molar-refractivity contribution in [1.29, 1.82) is 0 Å². The Hall–Kier alpha value is -0.910. The SMILES string of the molecule is C=C(C)C(=O)OC(C)CC1CN(N)CCO1. The summed E-state index contributed by atoms with van der Waals surface area (Å²) in [5.74, 6) is 5.33. The van der Waals surface area contributed by atoms with Crippen LogP contribution in [0.25, 0.3) is 0 Å². The zero-order chi connectivity index (χ0) is 12.1. The highest BCUT2D eigenvalue weighted by atomic mass is 16.5. The van der Waals surface area contributed by atoms with Gasteiger partial charge in [-0.2, -0.15) is 0 Å². The largest absolute Gasteiger partial charge is 0.459 e. The van der Waals surface area contributed by atoms with E-state index in [2.05, 4.69) is 6.58 Å². The molecule has 1 rings (SSSR count). The summed E-state index contributed by atoms with van der Waals surface area (Å²) in [5, 5.41) is 1.72. The van der Waals surface area contributed by atoms with Gasteiger partial charge in [0.15, 0.2) is 0 Å². The highest BCUT2D eigenvalue weighted by Crippen LogP contribution is 2.11. The number of nitrogens with zero attached hydrogens (tertiary/aromatic N) is 1. The van der Waals surface area contributed by atoms with Crippen LogP contribution in [0, 0.1) is 0 Å². The third-order valence-electron chi connectivity index (χ3n) is 2.42. The average Bonchev–Trinajstić information content (AvgIpc) is 2.16. The first kappa shape index (κ1) is 13.2. The molecule has 16 heavy (non-hydrogen) atoms. The maximum atomic E-state index is 11.3. The molecule has 5 heteroatoms. The van der Waals surface area contributed by atoms with Crippen LogP contribution in [0.2, 0.25) is 0 Å². The molecule has 0 bridgehead atoms. The van der Waals surface area contributed by atoms with Crippen LogP contribution in [-0.4, -0.2) is 42.9 Å². The van der Waals surface area contributed by atoms with Crippen LogP contribution in [-0.2, 0) is 14.3 Å². The maximum Gasteiger partial charge on any atom is 0.333 e. The van der Waals surface area contributed by atoms with Crippen molar-refractivity contribution >= 4 is 5.97 Å². The van der Waals surface area contributed by atoms with E-state index in [0.717, 1.165) is 6.54 Å². The quantitative estimate of drug-likeness (QED) is 0.430. The van der Waals surface area contributed by atoms with Crippen molar-refractivity contribution in [2.24, 2.45) is 5.84 Å². The number of carbonyl (C=O) groups is 1. The van der Waals surface area contributed by atoms with E-state index < -0.39 is 0 Å². The van der Waals surface area contributed by atoms with Gasteiger partial charge in [0.1, 0.15) is 6.10 Å². The molecule has 0 spiro atoms. The van der Waals surface area contributed by atoms with E-state index in [4.69, 9.17) is 15.3 Å². The Morgan fingerprint density at radius 1 is 1.75 bits per heavy atom. The number of hydrogen-bond acceptors (Lipinski definition) is 5. The van der Waals surface area contributed by atoms with Crippen molar-refractivity contribution in [2.45, 2.75) is 32.5 Å². The first-order valence-electron chi connectivity index (χ1n) is 5.46. The summed E-state index contributed by atoms with van der Waals surface area (Å²) in [5.41, 5.74) is 0.414. The molecule has 2 unspecified atom stereocenters. The van der Waals surface area contributed by atoms with Gasteiger partial charge in [-0.1, -0.05) is 6.58 Å². The Bertz CT molecular complexity index is 268. The van der Waals surface area contributed by atoms with Crippen LogP contribution in [0.1, 0.15) is 20.3 Å². The third-order valence-corrected chi connectivity index (χ3v) is 2.42. The molecule has 2 atom stereocenters. The zero-order valence-electron chi connectivity index (χ0n) is 9.94. The minimum atomic E-state index is -0.354. The highest BCUT2D eigenvalue weighted by Gasteiger charge is 2.22. The van der Waals surface area contributed by atoms with E-state index in [1.165, 1.54) is 0 Å². The Labute approximate surface area is 96.2 Å². The van der Waals surface area contributed by atoms with Crippen LogP contribution in [0.3, 0.4) is 0 Å². The monoisotopic (exact) mass is 228 g/mol. The molecule has 1 aliphatic rings. The van der Waals surface area contributed by atoms with E-state index in [9.17, 15) is 4.79 Å². The first-order valence-corrected chi connectivity index (χ1v) is 5.46. The van der Waals surface area contributed by atoms with Crippen molar-refractivity contribution in [1.82, 2.24) is 5.01 Å². The summed E-state index contributed by atoms with van der Waals surface area (Å²) in [6.45, 7) is 9.06. The van der Waals surface area contributed by atoms with E-state index in [1.807, 2.05) is 6.92 Å². The molecule has 0 amide bonds. The van der Waals surface area contributed by atoms with Crippen molar-refractivity contribution in [3.05, 3.63) is 12.2 Å². The molecule has 2 N–H and O–H groups in total. The lowest BCUT2D eigenvalue weighted by molar-refractivity contribution is -0.146. The molecule has 0 radical (unpaired) electrons. The number of hydrogen-bond donors (Lipinski definition) is 1. The number of morpholine rings is 1. The van der Waals surface area contributed by atoms with Crippen LogP contribution >= 0.6 is 0 Å². The fraction of sp³-hybridized carbons (Fsp3) is 0.727.